The molecule has 4 atom stereocenters. The number of carboxylic acids is 1. The number of aliphatic carboxylic acids is 1. The summed E-state index contributed by atoms with van der Waals surface area (Å²) in [6.07, 6.45) is 0. The first-order valence-electron chi connectivity index (χ1n) is 8.95. The van der Waals surface area contributed by atoms with Gasteiger partial charge >= 0.3 is 0 Å². The number of carbonyl (C=O) groups is 4. The third-order valence-electron chi connectivity index (χ3n) is 5.01. The molecule has 0 aliphatic carbocycles. The molecule has 2 aliphatic heterocycles. The summed E-state index contributed by atoms with van der Waals surface area (Å²) in [5.74, 6) is -2.71. The van der Waals surface area contributed by atoms with E-state index in [1.807, 2.05) is 26.0 Å². The van der Waals surface area contributed by atoms with Crippen LogP contribution in [0.5, 0.6) is 0 Å². The molecule has 1 aromatic carbocycles. The Bertz CT molecular complexity index is 856. The largest absolute Gasteiger partial charge is 0.548 e. The van der Waals surface area contributed by atoms with Gasteiger partial charge in [0, 0.05) is 10.3 Å². The summed E-state index contributed by atoms with van der Waals surface area (Å²) in [6, 6.07) is 4.37. The topological polar surface area (TPSA) is 119 Å². The standard InChI is InChI=1S/C19H23N3O5S/c1-9(14(23)21-10(2)18(26)27)20-15(24)13-19(3,4)28-17-12-8-6-5-7-11(12)16(25)22(13)17/h5-10,13,17H,1-4H3,(H,20,24)(H,21,23)(H,26,27)/p-1/t9-,10+,13+,17+/m0/s1. The van der Waals surface area contributed by atoms with E-state index in [0.29, 0.717) is 5.56 Å². The monoisotopic (exact) mass is 404 g/mol. The van der Waals surface area contributed by atoms with Crippen molar-refractivity contribution in [2.45, 2.75) is 55.9 Å². The second-order valence-electron chi connectivity index (χ2n) is 7.56. The van der Waals surface area contributed by atoms with Crippen molar-refractivity contribution in [3.05, 3.63) is 35.4 Å². The molecule has 9 heteroatoms. The van der Waals surface area contributed by atoms with Gasteiger partial charge in [-0.3, -0.25) is 14.4 Å². The van der Waals surface area contributed by atoms with Gasteiger partial charge in [0.1, 0.15) is 17.5 Å². The number of thioether (sulfide) groups is 1. The maximum absolute atomic E-state index is 13.0. The van der Waals surface area contributed by atoms with E-state index in [4.69, 9.17) is 0 Å². The van der Waals surface area contributed by atoms with Gasteiger partial charge in [-0.15, -0.1) is 11.8 Å². The van der Waals surface area contributed by atoms with Gasteiger partial charge in [0.05, 0.1) is 12.0 Å². The summed E-state index contributed by atoms with van der Waals surface area (Å²) < 4.78 is -0.563. The molecule has 3 amide bonds. The predicted octanol–water partition coefficient (Wildman–Crippen LogP) is -0.206. The minimum atomic E-state index is -1.41. The third-order valence-corrected chi connectivity index (χ3v) is 6.54. The van der Waals surface area contributed by atoms with E-state index in [0.717, 1.165) is 5.56 Å². The molecule has 0 bridgehead atoms. The maximum atomic E-state index is 13.0. The zero-order valence-electron chi connectivity index (χ0n) is 16.0. The van der Waals surface area contributed by atoms with Crippen molar-refractivity contribution < 1.29 is 24.3 Å². The number of carbonyl (C=O) groups excluding carboxylic acids is 4. The fourth-order valence-electron chi connectivity index (χ4n) is 3.56. The Morgan fingerprint density at radius 2 is 1.79 bits per heavy atom. The Kier molecular flexibility index (Phi) is 5.14. The highest BCUT2D eigenvalue weighted by atomic mass is 32.2. The van der Waals surface area contributed by atoms with E-state index in [2.05, 4.69) is 10.6 Å². The highest BCUT2D eigenvalue weighted by molar-refractivity contribution is 8.01. The van der Waals surface area contributed by atoms with Crippen LogP contribution in [0.4, 0.5) is 0 Å². The van der Waals surface area contributed by atoms with E-state index < -0.39 is 40.7 Å². The number of hydrogen-bond acceptors (Lipinski definition) is 6. The Morgan fingerprint density at radius 3 is 2.43 bits per heavy atom. The number of carboxylic acid groups (broad SMARTS) is 1. The molecule has 0 saturated carbocycles. The lowest BCUT2D eigenvalue weighted by molar-refractivity contribution is -0.307. The van der Waals surface area contributed by atoms with Gasteiger partial charge in [-0.05, 0) is 39.3 Å². The summed E-state index contributed by atoms with van der Waals surface area (Å²) in [5, 5.41) is 15.4. The molecule has 8 nitrogen and oxygen atoms in total. The van der Waals surface area contributed by atoms with E-state index >= 15 is 0 Å². The van der Waals surface area contributed by atoms with Crippen LogP contribution in [0.1, 0.15) is 49.0 Å². The first kappa shape index (κ1) is 20.2. The number of nitrogens with one attached hydrogen (secondary N) is 2. The predicted molar refractivity (Wildman–Crippen MR) is 101 cm³/mol. The van der Waals surface area contributed by atoms with Crippen molar-refractivity contribution in [2.75, 3.05) is 0 Å². The van der Waals surface area contributed by atoms with Gasteiger partial charge in [-0.2, -0.15) is 0 Å². The van der Waals surface area contributed by atoms with Crippen LogP contribution < -0.4 is 15.7 Å². The minimum absolute atomic E-state index is 0.207. The van der Waals surface area contributed by atoms with Crippen LogP contribution in [-0.2, 0) is 14.4 Å². The van der Waals surface area contributed by atoms with E-state index in [9.17, 15) is 24.3 Å². The fraction of sp³-hybridized carbons (Fsp3) is 0.474. The van der Waals surface area contributed by atoms with Gasteiger partial charge in [0.2, 0.25) is 11.8 Å². The molecular weight excluding hydrogens is 382 g/mol. The average Bonchev–Trinajstić information content (AvgIpc) is 3.04. The van der Waals surface area contributed by atoms with Crippen LogP contribution in [0, 0.1) is 0 Å². The number of nitrogens with zero attached hydrogens (tertiary/aromatic N) is 1. The van der Waals surface area contributed by atoms with Crippen LogP contribution in [0.15, 0.2) is 24.3 Å². The normalized spacial score (nSPS) is 24.1. The molecule has 1 fully saturated rings. The number of fused-ring (bicyclic) bond motifs is 3. The van der Waals surface area contributed by atoms with Gasteiger partial charge in [0.15, 0.2) is 0 Å². The van der Waals surface area contributed by atoms with Crippen LogP contribution in [-0.4, -0.2) is 51.5 Å². The SMILES string of the molecule is C[C@H](NC(=O)[C@H]1N2C(=O)c3ccccc3[C@H]2SC1(C)C)C(=O)N[C@H](C)C(=O)[O-]. The average molecular weight is 404 g/mol. The number of benzene rings is 1. The summed E-state index contributed by atoms with van der Waals surface area (Å²) in [6.45, 7) is 6.52. The smallest absolute Gasteiger partial charge is 0.256 e. The Morgan fingerprint density at radius 1 is 1.14 bits per heavy atom. The number of amides is 3. The highest BCUT2D eigenvalue weighted by Crippen LogP contribution is 2.56. The molecule has 1 aromatic rings. The van der Waals surface area contributed by atoms with Gasteiger partial charge in [0.25, 0.3) is 5.91 Å². The van der Waals surface area contributed by atoms with E-state index in [1.54, 1.807) is 17.0 Å². The summed E-state index contributed by atoms with van der Waals surface area (Å²) in [5.41, 5.74) is 1.47. The third kappa shape index (κ3) is 3.34. The lowest BCUT2D eigenvalue weighted by Crippen LogP contribution is -2.57. The molecule has 28 heavy (non-hydrogen) atoms. The molecule has 0 unspecified atom stereocenters. The van der Waals surface area contributed by atoms with Crippen LogP contribution in [0.2, 0.25) is 0 Å². The van der Waals surface area contributed by atoms with Crippen molar-refractivity contribution in [1.29, 1.82) is 0 Å². The van der Waals surface area contributed by atoms with Gasteiger partial charge in [-0.25, -0.2) is 0 Å². The second kappa shape index (κ2) is 7.12. The molecule has 2 aliphatic rings. The zero-order valence-corrected chi connectivity index (χ0v) is 16.8. The minimum Gasteiger partial charge on any atom is -0.548 e. The lowest BCUT2D eigenvalue weighted by atomic mass is 10.0. The van der Waals surface area contributed by atoms with Crippen molar-refractivity contribution in [1.82, 2.24) is 15.5 Å². The van der Waals surface area contributed by atoms with Crippen molar-refractivity contribution in [3.8, 4) is 0 Å². The molecule has 1 saturated heterocycles. The van der Waals surface area contributed by atoms with Crippen molar-refractivity contribution >= 4 is 35.5 Å². The number of rotatable bonds is 5. The van der Waals surface area contributed by atoms with E-state index in [-0.39, 0.29) is 11.3 Å². The molecular formula is C19H22N3O5S-. The first-order chi connectivity index (χ1) is 13.0. The van der Waals surface area contributed by atoms with Crippen LogP contribution in [0.25, 0.3) is 0 Å². The summed E-state index contributed by atoms with van der Waals surface area (Å²) in [4.78, 5) is 50.4. The molecule has 0 aromatic heterocycles. The summed E-state index contributed by atoms with van der Waals surface area (Å²) in [7, 11) is 0. The molecule has 0 spiro atoms. The van der Waals surface area contributed by atoms with Crippen molar-refractivity contribution in [3.63, 3.8) is 0 Å². The van der Waals surface area contributed by atoms with Gasteiger partial charge in [-0.1, -0.05) is 18.2 Å². The lowest BCUT2D eigenvalue weighted by Gasteiger charge is -2.30. The Labute approximate surface area is 167 Å². The van der Waals surface area contributed by atoms with Crippen LogP contribution >= 0.6 is 11.8 Å². The molecule has 150 valence electrons. The highest BCUT2D eigenvalue weighted by Gasteiger charge is 2.57. The zero-order chi connectivity index (χ0) is 20.8. The number of hydrogen-bond donors (Lipinski definition) is 2. The second-order valence-corrected chi connectivity index (χ2v) is 9.29. The fourth-order valence-corrected chi connectivity index (χ4v) is 5.15. The quantitative estimate of drug-likeness (QED) is 0.701. The Balaban J connectivity index is 1.77. The van der Waals surface area contributed by atoms with Crippen molar-refractivity contribution in [2.24, 2.45) is 0 Å². The molecule has 2 N–H and O–H groups in total. The summed E-state index contributed by atoms with van der Waals surface area (Å²) >= 11 is 1.53. The molecule has 2 heterocycles. The van der Waals surface area contributed by atoms with Crippen LogP contribution in [0.3, 0.4) is 0 Å². The Hall–Kier alpha value is -2.55. The van der Waals surface area contributed by atoms with E-state index in [1.165, 1.54) is 25.6 Å². The molecule has 3 rings (SSSR count). The first-order valence-corrected chi connectivity index (χ1v) is 9.83. The van der Waals surface area contributed by atoms with Gasteiger partial charge < -0.3 is 25.4 Å². The maximum Gasteiger partial charge on any atom is 0.256 e. The molecule has 0 radical (unpaired) electrons.